The zero-order valence-corrected chi connectivity index (χ0v) is 13.1. The van der Waals surface area contributed by atoms with Crippen LogP contribution in [0.3, 0.4) is 0 Å². The van der Waals surface area contributed by atoms with Gasteiger partial charge in [0.1, 0.15) is 5.82 Å². The molecule has 0 unspecified atom stereocenters. The molecule has 4 heteroatoms. The van der Waals surface area contributed by atoms with Crippen LogP contribution < -0.4 is 0 Å². The molecule has 22 heavy (non-hydrogen) atoms. The van der Waals surface area contributed by atoms with E-state index in [1.165, 1.54) is 6.07 Å². The summed E-state index contributed by atoms with van der Waals surface area (Å²) >= 11 is 0. The Morgan fingerprint density at radius 3 is 2.73 bits per heavy atom. The molecule has 1 aromatic carbocycles. The number of ether oxygens (including phenoxy) is 1. The fourth-order valence-corrected chi connectivity index (χ4v) is 2.51. The average Bonchev–Trinajstić information content (AvgIpc) is 2.78. The number of benzene rings is 1. The van der Waals surface area contributed by atoms with Gasteiger partial charge in [0, 0.05) is 30.6 Å². The molecular weight excluding hydrogens is 279 g/mol. The summed E-state index contributed by atoms with van der Waals surface area (Å²) in [6, 6.07) is 10.4. The lowest BCUT2D eigenvalue weighted by Crippen LogP contribution is -2.07. The molecule has 2 aromatic rings. The van der Waals surface area contributed by atoms with Crippen LogP contribution in [0.2, 0.25) is 0 Å². The smallest absolute Gasteiger partial charge is 0.131 e. The predicted molar refractivity (Wildman–Crippen MR) is 85.7 cm³/mol. The third-order valence-corrected chi connectivity index (χ3v) is 3.72. The summed E-state index contributed by atoms with van der Waals surface area (Å²) in [6.07, 6.45) is 1.74. The summed E-state index contributed by atoms with van der Waals surface area (Å²) in [6.45, 7) is 5.38. The molecule has 0 amide bonds. The first-order chi connectivity index (χ1) is 10.6. The SMILES string of the molecule is COCCn1c(C)cc(/C=C(/C#N)c2ccccc2F)c1C. The molecule has 114 valence electrons. The first-order valence-electron chi connectivity index (χ1n) is 7.11. The van der Waals surface area contributed by atoms with Gasteiger partial charge in [-0.3, -0.25) is 0 Å². The first kappa shape index (κ1) is 16.0. The molecule has 0 N–H and O–H groups in total. The van der Waals surface area contributed by atoms with E-state index in [-0.39, 0.29) is 5.82 Å². The fraction of sp³-hybridized carbons (Fsp3) is 0.278. The normalized spacial score (nSPS) is 11.5. The highest BCUT2D eigenvalue weighted by atomic mass is 19.1. The Morgan fingerprint density at radius 2 is 2.09 bits per heavy atom. The van der Waals surface area contributed by atoms with Crippen molar-refractivity contribution in [2.24, 2.45) is 0 Å². The molecule has 1 heterocycles. The van der Waals surface area contributed by atoms with Gasteiger partial charge in [-0.2, -0.15) is 5.26 Å². The number of allylic oxidation sites excluding steroid dienone is 1. The van der Waals surface area contributed by atoms with Gasteiger partial charge in [0.2, 0.25) is 0 Å². The van der Waals surface area contributed by atoms with Gasteiger partial charge in [0.25, 0.3) is 0 Å². The molecule has 0 fully saturated rings. The molecule has 0 atom stereocenters. The maximum absolute atomic E-state index is 13.9. The lowest BCUT2D eigenvalue weighted by atomic mass is 10.0. The Hall–Kier alpha value is -2.38. The Bertz CT molecular complexity index is 738. The number of hydrogen-bond acceptors (Lipinski definition) is 2. The number of methoxy groups -OCH3 is 1. The zero-order valence-electron chi connectivity index (χ0n) is 13.1. The van der Waals surface area contributed by atoms with E-state index in [4.69, 9.17) is 4.74 Å². The quantitative estimate of drug-likeness (QED) is 0.784. The van der Waals surface area contributed by atoms with E-state index in [0.717, 1.165) is 23.5 Å². The van der Waals surface area contributed by atoms with Crippen LogP contribution in [0.5, 0.6) is 0 Å². The van der Waals surface area contributed by atoms with Crippen LogP contribution >= 0.6 is 0 Å². The van der Waals surface area contributed by atoms with Gasteiger partial charge in [-0.25, -0.2) is 4.39 Å². The largest absolute Gasteiger partial charge is 0.383 e. The second kappa shape index (κ2) is 7.06. The zero-order chi connectivity index (χ0) is 16.1. The van der Waals surface area contributed by atoms with E-state index < -0.39 is 0 Å². The predicted octanol–water partition coefficient (Wildman–Crippen LogP) is 3.95. The third kappa shape index (κ3) is 3.26. The first-order valence-corrected chi connectivity index (χ1v) is 7.11. The summed E-state index contributed by atoms with van der Waals surface area (Å²) in [5.74, 6) is -0.386. The number of aryl methyl sites for hydroxylation is 1. The lowest BCUT2D eigenvalue weighted by Gasteiger charge is -2.08. The maximum atomic E-state index is 13.9. The highest BCUT2D eigenvalue weighted by Crippen LogP contribution is 2.24. The Morgan fingerprint density at radius 1 is 1.36 bits per heavy atom. The van der Waals surface area contributed by atoms with Crippen LogP contribution in [-0.4, -0.2) is 18.3 Å². The van der Waals surface area contributed by atoms with Crippen molar-refractivity contribution in [2.75, 3.05) is 13.7 Å². The second-order valence-corrected chi connectivity index (χ2v) is 5.12. The van der Waals surface area contributed by atoms with Gasteiger partial charge >= 0.3 is 0 Å². The minimum atomic E-state index is -0.386. The molecule has 1 aromatic heterocycles. The fourth-order valence-electron chi connectivity index (χ4n) is 2.51. The monoisotopic (exact) mass is 298 g/mol. The van der Waals surface area contributed by atoms with Crippen LogP contribution in [-0.2, 0) is 11.3 Å². The standard InChI is InChI=1S/C18H19FN2O/c1-13-10-15(14(2)21(13)8-9-22-3)11-16(12-20)17-6-4-5-7-18(17)19/h4-7,10-11H,8-9H2,1-3H3/b16-11-. The number of nitriles is 1. The molecule has 2 rings (SSSR count). The van der Waals surface area contributed by atoms with Gasteiger partial charge in [0.05, 0.1) is 18.2 Å². The molecule has 0 radical (unpaired) electrons. The van der Waals surface area contributed by atoms with Gasteiger partial charge in [-0.05, 0) is 37.6 Å². The van der Waals surface area contributed by atoms with E-state index in [0.29, 0.717) is 17.7 Å². The molecule has 0 aliphatic carbocycles. The molecule has 0 bridgehead atoms. The van der Waals surface area contributed by atoms with E-state index in [9.17, 15) is 9.65 Å². The maximum Gasteiger partial charge on any atom is 0.131 e. The van der Waals surface area contributed by atoms with Gasteiger partial charge in [0.15, 0.2) is 0 Å². The van der Waals surface area contributed by atoms with Crippen LogP contribution in [0, 0.1) is 31.0 Å². The number of hydrogen-bond donors (Lipinski definition) is 0. The van der Waals surface area contributed by atoms with Crippen molar-refractivity contribution in [3.8, 4) is 6.07 Å². The number of aromatic nitrogens is 1. The Labute approximate surface area is 130 Å². The molecule has 0 saturated carbocycles. The van der Waals surface area contributed by atoms with Crippen LogP contribution in [0.1, 0.15) is 22.5 Å². The molecule has 0 aliphatic heterocycles. The Balaban J connectivity index is 2.44. The van der Waals surface area contributed by atoms with Crippen LogP contribution in [0.4, 0.5) is 4.39 Å². The summed E-state index contributed by atoms with van der Waals surface area (Å²) in [7, 11) is 1.67. The molecule has 0 saturated heterocycles. The van der Waals surface area contributed by atoms with Gasteiger partial charge in [-0.15, -0.1) is 0 Å². The number of nitrogens with zero attached hydrogens (tertiary/aromatic N) is 2. The van der Waals surface area contributed by atoms with Gasteiger partial charge < -0.3 is 9.30 Å². The summed E-state index contributed by atoms with van der Waals surface area (Å²) < 4.78 is 21.1. The van der Waals surface area contributed by atoms with E-state index in [1.54, 1.807) is 31.4 Å². The van der Waals surface area contributed by atoms with Crippen molar-refractivity contribution in [3.05, 3.63) is 58.7 Å². The summed E-state index contributed by atoms with van der Waals surface area (Å²) in [4.78, 5) is 0. The van der Waals surface area contributed by atoms with Crippen molar-refractivity contribution in [2.45, 2.75) is 20.4 Å². The Kier molecular flexibility index (Phi) is 5.13. The van der Waals surface area contributed by atoms with Crippen molar-refractivity contribution in [1.29, 1.82) is 5.26 Å². The molecule has 0 spiro atoms. The molecule has 0 aliphatic rings. The second-order valence-electron chi connectivity index (χ2n) is 5.12. The van der Waals surface area contributed by atoms with Crippen LogP contribution in [0.25, 0.3) is 11.6 Å². The van der Waals surface area contributed by atoms with E-state index in [2.05, 4.69) is 10.6 Å². The van der Waals surface area contributed by atoms with E-state index >= 15 is 0 Å². The highest BCUT2D eigenvalue weighted by molar-refractivity contribution is 5.90. The lowest BCUT2D eigenvalue weighted by molar-refractivity contribution is 0.186. The summed E-state index contributed by atoms with van der Waals surface area (Å²) in [5, 5.41) is 9.36. The number of rotatable bonds is 5. The van der Waals surface area contributed by atoms with Crippen molar-refractivity contribution < 1.29 is 9.13 Å². The van der Waals surface area contributed by atoms with Gasteiger partial charge in [-0.1, -0.05) is 18.2 Å². The van der Waals surface area contributed by atoms with Crippen molar-refractivity contribution in [3.63, 3.8) is 0 Å². The minimum Gasteiger partial charge on any atom is -0.383 e. The topological polar surface area (TPSA) is 38.0 Å². The minimum absolute atomic E-state index is 0.324. The van der Waals surface area contributed by atoms with Crippen molar-refractivity contribution in [1.82, 2.24) is 4.57 Å². The molecule has 3 nitrogen and oxygen atoms in total. The number of halogens is 1. The van der Waals surface area contributed by atoms with E-state index in [1.807, 2.05) is 19.9 Å². The third-order valence-electron chi connectivity index (χ3n) is 3.72. The highest BCUT2D eigenvalue weighted by Gasteiger charge is 2.11. The van der Waals surface area contributed by atoms with Crippen molar-refractivity contribution >= 4 is 11.6 Å². The average molecular weight is 298 g/mol. The summed E-state index contributed by atoms with van der Waals surface area (Å²) in [5.41, 5.74) is 3.70. The molecular formula is C18H19FN2O. The van der Waals surface area contributed by atoms with Crippen LogP contribution in [0.15, 0.2) is 30.3 Å².